The van der Waals surface area contributed by atoms with Gasteiger partial charge in [-0.25, -0.2) is 0 Å². The third-order valence-electron chi connectivity index (χ3n) is 2.21. The van der Waals surface area contributed by atoms with Gasteiger partial charge < -0.3 is 9.31 Å². The largest absolute Gasteiger partial charge is 0.591 e. The molecule has 0 radical (unpaired) electrons. The van der Waals surface area contributed by atoms with Crippen LogP contribution in [0.2, 0.25) is 6.82 Å². The van der Waals surface area contributed by atoms with Crippen LogP contribution in [0.1, 0.15) is 25.3 Å². The molecule has 0 atom stereocenters. The van der Waals surface area contributed by atoms with Gasteiger partial charge in [0.25, 0.3) is 0 Å². The number of hydrogen-bond donors (Lipinski definition) is 0. The molecule has 0 aromatic heterocycles. The molecule has 2 rings (SSSR count). The van der Waals surface area contributed by atoms with Crippen molar-refractivity contribution in [1.29, 1.82) is 0 Å². The molecule has 1 heterocycles. The number of fused-ring (bicyclic) bond motifs is 1. The highest BCUT2D eigenvalue weighted by atomic mass is 16.6. The van der Waals surface area contributed by atoms with E-state index in [9.17, 15) is 0 Å². The van der Waals surface area contributed by atoms with Gasteiger partial charge >= 0.3 is 7.12 Å². The van der Waals surface area contributed by atoms with Gasteiger partial charge in [-0.2, -0.15) is 0 Å². The molecule has 0 saturated carbocycles. The predicted molar refractivity (Wildman–Crippen MR) is 53.4 cm³/mol. The Bertz CT molecular complexity index is 323. The molecule has 0 bridgehead atoms. The van der Waals surface area contributed by atoms with Gasteiger partial charge in [0.15, 0.2) is 0 Å². The Hall–Kier alpha value is -1.12. The van der Waals surface area contributed by atoms with Crippen LogP contribution in [0.15, 0.2) is 18.2 Å². The molecule has 0 fully saturated rings. The standard InChI is InChI=1S/C10H13BO2/c1-7(2)8-5-4-6-9-10(8)13-11(3)12-9/h4-7H,1-3H3. The van der Waals surface area contributed by atoms with Crippen molar-refractivity contribution in [3.63, 3.8) is 0 Å². The van der Waals surface area contributed by atoms with E-state index in [1.807, 2.05) is 19.0 Å². The smallest absolute Gasteiger partial charge is 0.523 e. The van der Waals surface area contributed by atoms with Gasteiger partial charge in [-0.15, -0.1) is 0 Å². The van der Waals surface area contributed by atoms with Gasteiger partial charge in [-0.05, 0) is 24.4 Å². The molecule has 68 valence electrons. The predicted octanol–water partition coefficient (Wildman–Crippen LogP) is 2.70. The normalized spacial score (nSPS) is 14.0. The van der Waals surface area contributed by atoms with Crippen LogP contribution in [-0.2, 0) is 0 Å². The first-order valence-corrected chi connectivity index (χ1v) is 4.64. The summed E-state index contributed by atoms with van der Waals surface area (Å²) >= 11 is 0. The molecule has 1 aromatic rings. The average molecular weight is 176 g/mol. The molecule has 1 aliphatic rings. The second-order valence-corrected chi connectivity index (χ2v) is 3.63. The zero-order chi connectivity index (χ0) is 9.42. The summed E-state index contributed by atoms with van der Waals surface area (Å²) in [7, 11) is -0.144. The van der Waals surface area contributed by atoms with Crippen molar-refractivity contribution in [2.24, 2.45) is 0 Å². The SMILES string of the molecule is CB1Oc2cccc(C(C)C)c2O1. The summed E-state index contributed by atoms with van der Waals surface area (Å²) in [6.07, 6.45) is 0. The monoisotopic (exact) mass is 176 g/mol. The zero-order valence-electron chi connectivity index (χ0n) is 8.20. The highest BCUT2D eigenvalue weighted by Crippen LogP contribution is 2.39. The molecule has 1 aliphatic heterocycles. The minimum absolute atomic E-state index is 0.144. The van der Waals surface area contributed by atoms with E-state index in [0.29, 0.717) is 5.92 Å². The van der Waals surface area contributed by atoms with Crippen molar-refractivity contribution < 1.29 is 9.31 Å². The molecule has 0 N–H and O–H groups in total. The minimum Gasteiger partial charge on any atom is -0.523 e. The molecular formula is C10H13BO2. The van der Waals surface area contributed by atoms with Crippen molar-refractivity contribution in [1.82, 2.24) is 0 Å². The first-order valence-electron chi connectivity index (χ1n) is 4.64. The molecular weight excluding hydrogens is 163 g/mol. The van der Waals surface area contributed by atoms with Crippen LogP contribution in [0.5, 0.6) is 11.5 Å². The zero-order valence-corrected chi connectivity index (χ0v) is 8.20. The quantitative estimate of drug-likeness (QED) is 0.612. The summed E-state index contributed by atoms with van der Waals surface area (Å²) in [4.78, 5) is 0. The van der Waals surface area contributed by atoms with Crippen LogP contribution in [0.25, 0.3) is 0 Å². The van der Waals surface area contributed by atoms with Gasteiger partial charge in [0.2, 0.25) is 0 Å². The van der Waals surface area contributed by atoms with E-state index in [2.05, 4.69) is 19.9 Å². The Balaban J connectivity index is 2.45. The molecule has 3 heteroatoms. The summed E-state index contributed by atoms with van der Waals surface area (Å²) < 4.78 is 11.1. The maximum atomic E-state index is 5.58. The summed E-state index contributed by atoms with van der Waals surface area (Å²) in [6, 6.07) is 6.05. The van der Waals surface area contributed by atoms with Crippen LogP contribution in [0.4, 0.5) is 0 Å². The van der Waals surface area contributed by atoms with Gasteiger partial charge in [-0.3, -0.25) is 0 Å². The topological polar surface area (TPSA) is 18.5 Å². The second-order valence-electron chi connectivity index (χ2n) is 3.63. The first-order chi connectivity index (χ1) is 6.18. The lowest BCUT2D eigenvalue weighted by molar-refractivity contribution is 0.506. The van der Waals surface area contributed by atoms with Crippen LogP contribution in [-0.4, -0.2) is 7.12 Å². The highest BCUT2D eigenvalue weighted by molar-refractivity contribution is 6.45. The lowest BCUT2D eigenvalue weighted by Crippen LogP contribution is -2.18. The lowest BCUT2D eigenvalue weighted by atomic mass is 9.96. The summed E-state index contributed by atoms with van der Waals surface area (Å²) in [6.45, 7) is 6.22. The molecule has 0 spiro atoms. The third-order valence-corrected chi connectivity index (χ3v) is 2.21. The van der Waals surface area contributed by atoms with Gasteiger partial charge in [0.05, 0.1) is 0 Å². The van der Waals surface area contributed by atoms with Crippen LogP contribution < -0.4 is 9.31 Å². The lowest BCUT2D eigenvalue weighted by Gasteiger charge is -2.09. The van der Waals surface area contributed by atoms with Gasteiger partial charge in [0, 0.05) is 0 Å². The highest BCUT2D eigenvalue weighted by Gasteiger charge is 2.28. The average Bonchev–Trinajstić information content (AvgIpc) is 2.43. The van der Waals surface area contributed by atoms with Crippen molar-refractivity contribution in [2.75, 3.05) is 0 Å². The maximum Gasteiger partial charge on any atom is 0.591 e. The van der Waals surface area contributed by atoms with Gasteiger partial charge in [-0.1, -0.05) is 26.0 Å². The third kappa shape index (κ3) is 1.39. The fourth-order valence-corrected chi connectivity index (χ4v) is 1.58. The fraction of sp³-hybridized carbons (Fsp3) is 0.400. The number of rotatable bonds is 1. The molecule has 0 unspecified atom stereocenters. The Morgan fingerprint density at radius 1 is 1.23 bits per heavy atom. The summed E-state index contributed by atoms with van der Waals surface area (Å²) in [5.41, 5.74) is 1.22. The van der Waals surface area contributed by atoms with Crippen molar-refractivity contribution >= 4 is 7.12 Å². The Kier molecular flexibility index (Phi) is 1.95. The second kappa shape index (κ2) is 2.98. The van der Waals surface area contributed by atoms with Crippen molar-refractivity contribution in [3.05, 3.63) is 23.8 Å². The Morgan fingerprint density at radius 3 is 2.69 bits per heavy atom. The van der Waals surface area contributed by atoms with Crippen LogP contribution >= 0.6 is 0 Å². The van der Waals surface area contributed by atoms with Crippen LogP contribution in [0.3, 0.4) is 0 Å². The Labute approximate surface area is 79.0 Å². The Morgan fingerprint density at radius 2 is 2.00 bits per heavy atom. The van der Waals surface area contributed by atoms with E-state index in [1.165, 1.54) is 5.56 Å². The van der Waals surface area contributed by atoms with E-state index in [4.69, 9.17) is 9.31 Å². The first kappa shape index (κ1) is 8.48. The number of hydrogen-bond acceptors (Lipinski definition) is 2. The maximum absolute atomic E-state index is 5.58. The minimum atomic E-state index is -0.144. The van der Waals surface area contributed by atoms with Crippen molar-refractivity contribution in [3.8, 4) is 11.5 Å². The molecule has 0 amide bonds. The van der Waals surface area contributed by atoms with Crippen molar-refractivity contribution in [2.45, 2.75) is 26.6 Å². The van der Waals surface area contributed by atoms with Crippen LogP contribution in [0, 0.1) is 0 Å². The molecule has 13 heavy (non-hydrogen) atoms. The molecule has 0 aliphatic carbocycles. The van der Waals surface area contributed by atoms with E-state index in [0.717, 1.165) is 11.5 Å². The summed E-state index contributed by atoms with van der Waals surface area (Å²) in [5.74, 6) is 2.27. The van der Waals surface area contributed by atoms with E-state index in [1.54, 1.807) is 0 Å². The number of benzene rings is 1. The van der Waals surface area contributed by atoms with Gasteiger partial charge in [0.1, 0.15) is 11.5 Å². The number of para-hydroxylation sites is 1. The molecule has 1 aromatic carbocycles. The fourth-order valence-electron chi connectivity index (χ4n) is 1.58. The van der Waals surface area contributed by atoms with E-state index in [-0.39, 0.29) is 7.12 Å². The molecule has 2 nitrogen and oxygen atoms in total. The van der Waals surface area contributed by atoms with E-state index < -0.39 is 0 Å². The van der Waals surface area contributed by atoms with E-state index >= 15 is 0 Å². The molecule has 0 saturated heterocycles. The summed E-state index contributed by atoms with van der Waals surface area (Å²) in [5, 5.41) is 0.